The topological polar surface area (TPSA) is 68.5 Å². The number of ether oxygens (including phenoxy) is 1. The van der Waals surface area contributed by atoms with E-state index >= 15 is 0 Å². The van der Waals surface area contributed by atoms with Crippen LogP contribution in [0.5, 0.6) is 5.75 Å². The standard InChI is InChI=1S/C21H17N3O3/c25-24(26)19-8-9-20(18-7-3-2-6-17(18)19)27-15-16-10-11-22-21(14-16)23-12-4-1-5-13-23/h1-12,14H,13,15H2. The van der Waals surface area contributed by atoms with Crippen LogP contribution in [-0.4, -0.2) is 16.5 Å². The number of nitro benzene ring substituents is 1. The Labute approximate surface area is 156 Å². The number of benzene rings is 2. The van der Waals surface area contributed by atoms with E-state index in [-0.39, 0.29) is 10.6 Å². The minimum absolute atomic E-state index is 0.0779. The second-order valence-corrected chi connectivity index (χ2v) is 6.12. The number of allylic oxidation sites excluding steroid dienone is 2. The molecule has 0 atom stereocenters. The lowest BCUT2D eigenvalue weighted by Gasteiger charge is -2.20. The number of hydrogen-bond donors (Lipinski definition) is 0. The van der Waals surface area contributed by atoms with Crippen LogP contribution in [0, 0.1) is 10.1 Å². The summed E-state index contributed by atoms with van der Waals surface area (Å²) in [5.41, 5.74) is 1.06. The van der Waals surface area contributed by atoms with Crippen molar-refractivity contribution in [3.05, 3.63) is 94.8 Å². The minimum Gasteiger partial charge on any atom is -0.488 e. The first-order valence-corrected chi connectivity index (χ1v) is 8.56. The van der Waals surface area contributed by atoms with Crippen molar-refractivity contribution in [2.75, 3.05) is 11.4 Å². The van der Waals surface area contributed by atoms with Gasteiger partial charge >= 0.3 is 0 Å². The quantitative estimate of drug-likeness (QED) is 0.491. The van der Waals surface area contributed by atoms with Crippen LogP contribution in [0.1, 0.15) is 5.56 Å². The molecule has 0 fully saturated rings. The van der Waals surface area contributed by atoms with E-state index in [9.17, 15) is 10.1 Å². The van der Waals surface area contributed by atoms with Crippen molar-refractivity contribution in [3.8, 4) is 5.75 Å². The van der Waals surface area contributed by atoms with Crippen LogP contribution in [0.15, 0.2) is 79.2 Å². The van der Waals surface area contributed by atoms with E-state index in [1.165, 1.54) is 6.07 Å². The fourth-order valence-electron chi connectivity index (χ4n) is 3.05. The molecule has 0 saturated heterocycles. The molecule has 0 radical (unpaired) electrons. The third-order valence-electron chi connectivity index (χ3n) is 4.37. The Bertz CT molecular complexity index is 1060. The lowest BCUT2D eigenvalue weighted by Crippen LogP contribution is -2.18. The summed E-state index contributed by atoms with van der Waals surface area (Å²) < 4.78 is 5.98. The third-order valence-corrected chi connectivity index (χ3v) is 4.37. The van der Waals surface area contributed by atoms with Gasteiger partial charge in [-0.1, -0.05) is 30.4 Å². The van der Waals surface area contributed by atoms with Crippen LogP contribution in [0.4, 0.5) is 11.5 Å². The summed E-state index contributed by atoms with van der Waals surface area (Å²) in [4.78, 5) is 17.3. The average Bonchev–Trinajstić information content (AvgIpc) is 2.72. The monoisotopic (exact) mass is 359 g/mol. The molecule has 0 spiro atoms. The molecule has 27 heavy (non-hydrogen) atoms. The molecular weight excluding hydrogens is 342 g/mol. The van der Waals surface area contributed by atoms with Crippen molar-refractivity contribution in [2.24, 2.45) is 0 Å². The highest BCUT2D eigenvalue weighted by atomic mass is 16.6. The van der Waals surface area contributed by atoms with E-state index in [4.69, 9.17) is 4.74 Å². The van der Waals surface area contributed by atoms with E-state index in [0.717, 1.165) is 23.3 Å². The highest BCUT2D eigenvalue weighted by molar-refractivity contribution is 5.95. The number of fused-ring (bicyclic) bond motifs is 1. The van der Waals surface area contributed by atoms with Crippen molar-refractivity contribution >= 4 is 22.3 Å². The van der Waals surface area contributed by atoms with Gasteiger partial charge in [-0.05, 0) is 35.9 Å². The number of aromatic nitrogens is 1. The molecule has 1 aliphatic rings. The maximum atomic E-state index is 11.2. The van der Waals surface area contributed by atoms with Gasteiger partial charge in [-0.15, -0.1) is 0 Å². The second-order valence-electron chi connectivity index (χ2n) is 6.12. The summed E-state index contributed by atoms with van der Waals surface area (Å²) in [7, 11) is 0. The zero-order valence-electron chi connectivity index (χ0n) is 14.5. The highest BCUT2D eigenvalue weighted by Crippen LogP contribution is 2.33. The van der Waals surface area contributed by atoms with Gasteiger partial charge in [-0.2, -0.15) is 0 Å². The Hall–Kier alpha value is -3.67. The Kier molecular flexibility index (Phi) is 4.53. The van der Waals surface area contributed by atoms with Gasteiger partial charge in [0.05, 0.1) is 10.3 Å². The maximum absolute atomic E-state index is 11.2. The largest absolute Gasteiger partial charge is 0.488 e. The summed E-state index contributed by atoms with van der Waals surface area (Å²) in [6.07, 6.45) is 9.78. The normalized spacial score (nSPS) is 13.1. The summed E-state index contributed by atoms with van der Waals surface area (Å²) in [5, 5.41) is 12.5. The van der Waals surface area contributed by atoms with Gasteiger partial charge in [-0.3, -0.25) is 10.1 Å². The van der Waals surface area contributed by atoms with Crippen molar-refractivity contribution < 1.29 is 9.66 Å². The molecule has 0 unspecified atom stereocenters. The number of nitrogens with zero attached hydrogens (tertiary/aromatic N) is 3. The maximum Gasteiger partial charge on any atom is 0.277 e. The Balaban J connectivity index is 1.57. The molecule has 6 heteroatoms. The van der Waals surface area contributed by atoms with Crippen molar-refractivity contribution in [3.63, 3.8) is 0 Å². The molecule has 0 saturated carbocycles. The molecule has 2 heterocycles. The SMILES string of the molecule is O=[N+]([O-])c1ccc(OCc2ccnc(N3C=CC=CC3)c2)c2ccccc12. The number of anilines is 1. The Morgan fingerprint density at radius 1 is 1.11 bits per heavy atom. The first-order chi connectivity index (χ1) is 13.2. The Morgan fingerprint density at radius 3 is 2.74 bits per heavy atom. The summed E-state index contributed by atoms with van der Waals surface area (Å²) in [5.74, 6) is 1.47. The molecule has 6 nitrogen and oxygen atoms in total. The molecule has 4 rings (SSSR count). The zero-order chi connectivity index (χ0) is 18.6. The summed E-state index contributed by atoms with van der Waals surface area (Å²) in [6.45, 7) is 1.13. The summed E-state index contributed by atoms with van der Waals surface area (Å²) in [6, 6.07) is 14.2. The number of pyridine rings is 1. The molecule has 1 aliphatic heterocycles. The van der Waals surface area contributed by atoms with E-state index in [2.05, 4.69) is 11.1 Å². The summed E-state index contributed by atoms with van der Waals surface area (Å²) >= 11 is 0. The van der Waals surface area contributed by atoms with Gasteiger partial charge in [0.2, 0.25) is 0 Å². The van der Waals surface area contributed by atoms with Crippen molar-refractivity contribution in [2.45, 2.75) is 6.61 Å². The molecule has 134 valence electrons. The van der Waals surface area contributed by atoms with Gasteiger partial charge < -0.3 is 9.64 Å². The lowest BCUT2D eigenvalue weighted by atomic mass is 10.1. The predicted molar refractivity (Wildman–Crippen MR) is 105 cm³/mol. The van der Waals surface area contributed by atoms with Crippen LogP contribution < -0.4 is 9.64 Å². The van der Waals surface area contributed by atoms with Gasteiger partial charge in [0.15, 0.2) is 0 Å². The van der Waals surface area contributed by atoms with Crippen LogP contribution in [0.25, 0.3) is 10.8 Å². The van der Waals surface area contributed by atoms with E-state index in [1.54, 1.807) is 24.4 Å². The molecule has 0 N–H and O–H groups in total. The van der Waals surface area contributed by atoms with Crippen molar-refractivity contribution in [1.82, 2.24) is 4.98 Å². The molecule has 3 aromatic rings. The third kappa shape index (κ3) is 3.50. The second kappa shape index (κ2) is 7.29. The fraction of sp³-hybridized carbons (Fsp3) is 0.0952. The van der Waals surface area contributed by atoms with Gasteiger partial charge in [0.1, 0.15) is 18.2 Å². The van der Waals surface area contributed by atoms with E-state index in [0.29, 0.717) is 17.7 Å². The number of hydrogen-bond acceptors (Lipinski definition) is 5. The van der Waals surface area contributed by atoms with E-state index in [1.807, 2.05) is 47.5 Å². The molecule has 0 aliphatic carbocycles. The average molecular weight is 359 g/mol. The first-order valence-electron chi connectivity index (χ1n) is 8.56. The first kappa shape index (κ1) is 16.8. The van der Waals surface area contributed by atoms with Crippen LogP contribution in [-0.2, 0) is 6.61 Å². The molecule has 0 bridgehead atoms. The van der Waals surface area contributed by atoms with Crippen LogP contribution in [0.3, 0.4) is 0 Å². The van der Waals surface area contributed by atoms with Crippen LogP contribution >= 0.6 is 0 Å². The smallest absolute Gasteiger partial charge is 0.277 e. The number of nitro groups is 1. The minimum atomic E-state index is -0.373. The molecular formula is C21H17N3O3. The number of rotatable bonds is 5. The number of non-ortho nitro benzene ring substituents is 1. The zero-order valence-corrected chi connectivity index (χ0v) is 14.5. The fourth-order valence-corrected chi connectivity index (χ4v) is 3.05. The Morgan fingerprint density at radius 2 is 1.96 bits per heavy atom. The van der Waals surface area contributed by atoms with Gasteiger partial charge in [0, 0.05) is 30.4 Å². The van der Waals surface area contributed by atoms with Crippen molar-refractivity contribution in [1.29, 1.82) is 0 Å². The van der Waals surface area contributed by atoms with E-state index < -0.39 is 0 Å². The lowest BCUT2D eigenvalue weighted by molar-refractivity contribution is -0.383. The van der Waals surface area contributed by atoms with Gasteiger partial charge in [0.25, 0.3) is 5.69 Å². The molecule has 0 amide bonds. The molecule has 2 aromatic carbocycles. The molecule has 1 aromatic heterocycles. The van der Waals surface area contributed by atoms with Gasteiger partial charge in [-0.25, -0.2) is 4.98 Å². The predicted octanol–water partition coefficient (Wildman–Crippen LogP) is 4.61. The highest BCUT2D eigenvalue weighted by Gasteiger charge is 2.14. The van der Waals surface area contributed by atoms with Crippen LogP contribution in [0.2, 0.25) is 0 Å².